The maximum atomic E-state index is 12.8. The number of amides is 2. The fourth-order valence-electron chi connectivity index (χ4n) is 3.18. The predicted octanol–water partition coefficient (Wildman–Crippen LogP) is 3.71. The Kier molecular flexibility index (Phi) is 6.12. The van der Waals surface area contributed by atoms with Crippen LogP contribution in [0.5, 0.6) is 5.75 Å². The van der Waals surface area contributed by atoms with Gasteiger partial charge in [0.25, 0.3) is 5.91 Å². The van der Waals surface area contributed by atoms with Crippen molar-refractivity contribution in [2.75, 3.05) is 13.1 Å². The molecule has 30 heavy (non-hydrogen) atoms. The van der Waals surface area contributed by atoms with Crippen LogP contribution in [0.25, 0.3) is 10.4 Å². The zero-order chi connectivity index (χ0) is 21.7. The largest absolute Gasteiger partial charge is 0.573 e. The molecule has 0 aromatic heterocycles. The third-order valence-corrected chi connectivity index (χ3v) is 4.43. The number of halogens is 3. The van der Waals surface area contributed by atoms with Crippen LogP contribution in [0.4, 0.5) is 13.2 Å². The number of rotatable bonds is 7. The molecule has 1 atom stereocenters. The molecule has 11 heteroatoms. The molecule has 0 bridgehead atoms. The Hall–Kier alpha value is -3.72. The van der Waals surface area contributed by atoms with Crippen molar-refractivity contribution in [3.05, 3.63) is 75.7 Å². The van der Waals surface area contributed by atoms with E-state index in [-0.39, 0.29) is 31.3 Å². The van der Waals surface area contributed by atoms with Crippen LogP contribution in [0.2, 0.25) is 0 Å². The van der Waals surface area contributed by atoms with Gasteiger partial charge in [-0.1, -0.05) is 35.4 Å². The van der Waals surface area contributed by atoms with Crippen molar-refractivity contribution in [1.29, 1.82) is 0 Å². The topological polar surface area (TPSA) is 107 Å². The minimum atomic E-state index is -4.78. The van der Waals surface area contributed by atoms with Gasteiger partial charge in [-0.25, -0.2) is 0 Å². The number of alkyl halides is 3. The smallest absolute Gasteiger partial charge is 0.406 e. The van der Waals surface area contributed by atoms with E-state index in [0.29, 0.717) is 16.7 Å². The van der Waals surface area contributed by atoms with E-state index < -0.39 is 18.3 Å². The standard InChI is InChI=1S/C19H16F3N5O3/c20-19(21,22)30-13-7-5-12(6-8-13)11-24-17(28)16-14-3-1-2-4-15(14)18(29)27(16)10-9-25-26-23/h1-8,16H,9-11H2,(H,24,28). The van der Waals surface area contributed by atoms with E-state index >= 15 is 0 Å². The van der Waals surface area contributed by atoms with Crippen LogP contribution < -0.4 is 10.1 Å². The molecule has 1 aliphatic rings. The number of hydrogen-bond donors (Lipinski definition) is 1. The first kappa shape index (κ1) is 21.0. The van der Waals surface area contributed by atoms with Gasteiger partial charge < -0.3 is 15.0 Å². The molecule has 0 saturated carbocycles. The van der Waals surface area contributed by atoms with Crippen molar-refractivity contribution in [2.24, 2.45) is 5.11 Å². The van der Waals surface area contributed by atoms with Crippen LogP contribution in [0.15, 0.2) is 53.6 Å². The molecule has 0 spiro atoms. The molecular formula is C19H16F3N5O3. The highest BCUT2D eigenvalue weighted by Gasteiger charge is 2.40. The molecule has 2 amide bonds. The SMILES string of the molecule is [N-]=[N+]=NCCN1C(=O)c2ccccc2C1C(=O)NCc1ccc(OC(F)(F)F)cc1. The van der Waals surface area contributed by atoms with Gasteiger partial charge in [-0.05, 0) is 34.9 Å². The molecule has 0 radical (unpaired) electrons. The summed E-state index contributed by atoms with van der Waals surface area (Å²) in [6, 6.07) is 10.9. The Morgan fingerprint density at radius 1 is 1.20 bits per heavy atom. The Morgan fingerprint density at radius 2 is 1.90 bits per heavy atom. The van der Waals surface area contributed by atoms with Gasteiger partial charge in [0.2, 0.25) is 5.91 Å². The number of hydrogen-bond acceptors (Lipinski definition) is 4. The highest BCUT2D eigenvalue weighted by molar-refractivity contribution is 6.04. The summed E-state index contributed by atoms with van der Waals surface area (Å²) in [6.07, 6.45) is -4.78. The van der Waals surface area contributed by atoms with E-state index in [1.165, 1.54) is 17.0 Å². The van der Waals surface area contributed by atoms with Crippen LogP contribution in [0, 0.1) is 0 Å². The van der Waals surface area contributed by atoms with Gasteiger partial charge in [0.1, 0.15) is 11.8 Å². The van der Waals surface area contributed by atoms with Gasteiger partial charge in [-0.2, -0.15) is 0 Å². The minimum absolute atomic E-state index is 0.0146. The molecule has 3 rings (SSSR count). The van der Waals surface area contributed by atoms with Crippen LogP contribution in [0.1, 0.15) is 27.5 Å². The van der Waals surface area contributed by atoms with Gasteiger partial charge >= 0.3 is 6.36 Å². The van der Waals surface area contributed by atoms with E-state index in [4.69, 9.17) is 5.53 Å². The molecule has 0 fully saturated rings. The highest BCUT2D eigenvalue weighted by Crippen LogP contribution is 2.33. The maximum absolute atomic E-state index is 12.8. The third-order valence-electron chi connectivity index (χ3n) is 4.43. The lowest BCUT2D eigenvalue weighted by Gasteiger charge is -2.24. The number of nitrogens with one attached hydrogen (secondary N) is 1. The van der Waals surface area contributed by atoms with Crippen LogP contribution in [-0.2, 0) is 11.3 Å². The number of benzene rings is 2. The lowest BCUT2D eigenvalue weighted by atomic mass is 10.0. The average Bonchev–Trinajstić information content (AvgIpc) is 2.99. The first-order chi connectivity index (χ1) is 14.3. The van der Waals surface area contributed by atoms with E-state index in [0.717, 1.165) is 12.1 Å². The van der Waals surface area contributed by atoms with Gasteiger partial charge in [0.05, 0.1) is 0 Å². The van der Waals surface area contributed by atoms with Crippen molar-refractivity contribution < 1.29 is 27.5 Å². The van der Waals surface area contributed by atoms with E-state index in [2.05, 4.69) is 20.1 Å². The molecule has 156 valence electrons. The molecule has 8 nitrogen and oxygen atoms in total. The Bertz CT molecular complexity index is 988. The second kappa shape index (κ2) is 8.75. The lowest BCUT2D eigenvalue weighted by molar-refractivity contribution is -0.274. The predicted molar refractivity (Wildman–Crippen MR) is 99.2 cm³/mol. The zero-order valence-electron chi connectivity index (χ0n) is 15.5. The first-order valence-corrected chi connectivity index (χ1v) is 8.83. The molecule has 1 N–H and O–H groups in total. The summed E-state index contributed by atoms with van der Waals surface area (Å²) >= 11 is 0. The summed E-state index contributed by atoms with van der Waals surface area (Å²) in [5.41, 5.74) is 9.94. The summed E-state index contributed by atoms with van der Waals surface area (Å²) in [4.78, 5) is 29.5. The molecule has 0 saturated heterocycles. The quantitative estimate of drug-likeness (QED) is 0.420. The summed E-state index contributed by atoms with van der Waals surface area (Å²) in [5.74, 6) is -1.16. The van der Waals surface area contributed by atoms with E-state index in [1.54, 1.807) is 24.3 Å². The molecule has 1 unspecified atom stereocenters. The third kappa shape index (κ3) is 4.81. The molecule has 1 heterocycles. The summed E-state index contributed by atoms with van der Waals surface area (Å²) < 4.78 is 40.5. The normalized spacial score (nSPS) is 15.4. The lowest BCUT2D eigenvalue weighted by Crippen LogP contribution is -2.40. The minimum Gasteiger partial charge on any atom is -0.406 e. The second-order valence-corrected chi connectivity index (χ2v) is 6.35. The van der Waals surface area contributed by atoms with Crippen LogP contribution in [-0.4, -0.2) is 36.2 Å². The number of azide groups is 1. The monoisotopic (exact) mass is 419 g/mol. The number of fused-ring (bicyclic) bond motifs is 1. The second-order valence-electron chi connectivity index (χ2n) is 6.35. The first-order valence-electron chi connectivity index (χ1n) is 8.83. The van der Waals surface area contributed by atoms with Gasteiger partial charge in [-0.3, -0.25) is 9.59 Å². The Labute approximate surface area is 168 Å². The molecular weight excluding hydrogens is 403 g/mol. The Morgan fingerprint density at radius 3 is 2.57 bits per heavy atom. The van der Waals surface area contributed by atoms with Crippen molar-refractivity contribution in [3.8, 4) is 5.75 Å². The van der Waals surface area contributed by atoms with Crippen LogP contribution >= 0.6 is 0 Å². The molecule has 2 aromatic rings. The summed E-state index contributed by atoms with van der Waals surface area (Å²) in [5, 5.41) is 6.11. The molecule has 2 aromatic carbocycles. The summed E-state index contributed by atoms with van der Waals surface area (Å²) in [7, 11) is 0. The Balaban J connectivity index is 1.70. The molecule has 1 aliphatic heterocycles. The maximum Gasteiger partial charge on any atom is 0.573 e. The van der Waals surface area contributed by atoms with Gasteiger partial charge in [0.15, 0.2) is 0 Å². The van der Waals surface area contributed by atoms with Crippen molar-refractivity contribution in [1.82, 2.24) is 10.2 Å². The van der Waals surface area contributed by atoms with E-state index in [9.17, 15) is 22.8 Å². The van der Waals surface area contributed by atoms with Crippen LogP contribution in [0.3, 0.4) is 0 Å². The van der Waals surface area contributed by atoms with Gasteiger partial charge in [-0.15, -0.1) is 13.2 Å². The van der Waals surface area contributed by atoms with Crippen molar-refractivity contribution >= 4 is 11.8 Å². The van der Waals surface area contributed by atoms with Gasteiger partial charge in [0, 0.05) is 30.1 Å². The number of carbonyl (C=O) groups is 2. The fraction of sp³-hybridized carbons (Fsp3) is 0.263. The van der Waals surface area contributed by atoms with E-state index in [1.807, 2.05) is 0 Å². The average molecular weight is 419 g/mol. The number of nitrogens with zero attached hydrogens (tertiary/aromatic N) is 4. The highest BCUT2D eigenvalue weighted by atomic mass is 19.4. The molecule has 0 aliphatic carbocycles. The number of ether oxygens (including phenoxy) is 1. The number of carbonyl (C=O) groups excluding carboxylic acids is 2. The van der Waals surface area contributed by atoms with Crippen molar-refractivity contribution in [2.45, 2.75) is 18.9 Å². The zero-order valence-corrected chi connectivity index (χ0v) is 15.5. The fourth-order valence-corrected chi connectivity index (χ4v) is 3.18. The summed E-state index contributed by atoms with van der Waals surface area (Å²) in [6.45, 7) is 0.127. The van der Waals surface area contributed by atoms with Crippen molar-refractivity contribution in [3.63, 3.8) is 0 Å².